The number of nitrogens with one attached hydrogen (secondary N) is 1. The van der Waals surface area contributed by atoms with Crippen LogP contribution in [0.5, 0.6) is 0 Å². The lowest BCUT2D eigenvalue weighted by molar-refractivity contribution is -0.117. The molecule has 0 atom stereocenters. The highest BCUT2D eigenvalue weighted by Gasteiger charge is 2.18. The van der Waals surface area contributed by atoms with E-state index in [4.69, 9.17) is 0 Å². The summed E-state index contributed by atoms with van der Waals surface area (Å²) >= 11 is 0. The van der Waals surface area contributed by atoms with Gasteiger partial charge >= 0.3 is 0 Å². The number of hydrogen-bond donors (Lipinski definition) is 1. The summed E-state index contributed by atoms with van der Waals surface area (Å²) in [6.45, 7) is 6.31. The Labute approximate surface area is 181 Å². The first-order valence-electron chi connectivity index (χ1n) is 11.3. The van der Waals surface area contributed by atoms with Crippen molar-refractivity contribution in [1.82, 2.24) is 10.2 Å². The van der Waals surface area contributed by atoms with Gasteiger partial charge in [-0.1, -0.05) is 47.9 Å². The maximum Gasteiger partial charge on any atom is 0.247 e. The minimum atomic E-state index is 0.108. The van der Waals surface area contributed by atoms with E-state index in [2.05, 4.69) is 71.5 Å². The molecule has 4 nitrogen and oxygen atoms in total. The van der Waals surface area contributed by atoms with Crippen LogP contribution in [0, 0.1) is 0 Å². The zero-order valence-electron chi connectivity index (χ0n) is 18.1. The van der Waals surface area contributed by atoms with Crippen LogP contribution in [0.2, 0.25) is 0 Å². The van der Waals surface area contributed by atoms with Crippen molar-refractivity contribution in [3.8, 4) is 0 Å². The molecule has 1 aliphatic heterocycles. The van der Waals surface area contributed by atoms with E-state index in [1.165, 1.54) is 22.3 Å². The Bertz CT molecular complexity index is 903. The molecule has 4 rings (SSSR count). The number of aryl methyl sites for hydroxylation is 1. The van der Waals surface area contributed by atoms with Crippen molar-refractivity contribution in [1.29, 1.82) is 0 Å². The largest absolute Gasteiger partial charge is 0.369 e. The number of piperazine rings is 1. The third-order valence-electron chi connectivity index (χ3n) is 6.36. The highest BCUT2D eigenvalue weighted by molar-refractivity contribution is 6.35. The Balaban J connectivity index is 1.13. The third-order valence-corrected chi connectivity index (χ3v) is 6.36. The number of hydrogen-bond acceptors (Lipinski definition) is 3. The summed E-state index contributed by atoms with van der Waals surface area (Å²) in [6.07, 6.45) is 6.03. The molecule has 0 radical (unpaired) electrons. The van der Waals surface area contributed by atoms with E-state index in [0.717, 1.165) is 70.5 Å². The van der Waals surface area contributed by atoms with Gasteiger partial charge in [0.2, 0.25) is 5.91 Å². The van der Waals surface area contributed by atoms with Crippen LogP contribution >= 0.6 is 0 Å². The number of para-hydroxylation sites is 1. The number of benzene rings is 2. The molecule has 0 aromatic heterocycles. The van der Waals surface area contributed by atoms with Gasteiger partial charge in [-0.15, -0.1) is 0 Å². The second-order valence-electron chi connectivity index (χ2n) is 8.45. The molecule has 0 spiro atoms. The molecular formula is C25H32BN3O. The Morgan fingerprint density at radius 3 is 2.53 bits per heavy atom. The van der Waals surface area contributed by atoms with Crippen molar-refractivity contribution >= 4 is 31.0 Å². The number of rotatable bonds is 7. The highest BCUT2D eigenvalue weighted by Crippen LogP contribution is 2.23. The number of nitrogens with zero attached hydrogens (tertiary/aromatic N) is 2. The van der Waals surface area contributed by atoms with E-state index in [0.29, 0.717) is 0 Å². The van der Waals surface area contributed by atoms with Crippen LogP contribution in [-0.4, -0.2) is 57.9 Å². The maximum absolute atomic E-state index is 12.5. The second kappa shape index (κ2) is 9.99. The van der Waals surface area contributed by atoms with Gasteiger partial charge < -0.3 is 10.2 Å². The maximum atomic E-state index is 12.5. The van der Waals surface area contributed by atoms with Gasteiger partial charge in [0.15, 0.2) is 0 Å². The molecule has 1 N–H and O–H groups in total. The van der Waals surface area contributed by atoms with Gasteiger partial charge in [0, 0.05) is 44.0 Å². The van der Waals surface area contributed by atoms with Crippen molar-refractivity contribution in [2.75, 3.05) is 44.2 Å². The average Bonchev–Trinajstić information content (AvgIpc) is 2.79. The molecular weight excluding hydrogens is 369 g/mol. The molecule has 0 saturated carbocycles. The zero-order valence-corrected chi connectivity index (χ0v) is 18.1. The number of carbonyl (C=O) groups is 1. The average molecular weight is 401 g/mol. The second-order valence-corrected chi connectivity index (χ2v) is 8.45. The molecule has 0 unspecified atom stereocenters. The van der Waals surface area contributed by atoms with Crippen molar-refractivity contribution in [3.63, 3.8) is 0 Å². The zero-order chi connectivity index (χ0) is 20.8. The van der Waals surface area contributed by atoms with E-state index in [1.54, 1.807) is 0 Å². The predicted octanol–water partition coefficient (Wildman–Crippen LogP) is 1.99. The molecule has 1 saturated heterocycles. The van der Waals surface area contributed by atoms with Gasteiger partial charge in [0.1, 0.15) is 7.85 Å². The standard InChI is InChI=1S/C25H32BN3O/c26-23-9-3-4-10-24(23)29-17-15-28(16-18-29)14-6-5-13-27-25(30)22-12-11-20-7-1-2-8-21(20)19-22/h1-4,7-10,19H,5-6,11-18,26H2,(H,27,30). The lowest BCUT2D eigenvalue weighted by Gasteiger charge is -2.37. The molecule has 0 bridgehead atoms. The first-order valence-corrected chi connectivity index (χ1v) is 11.3. The van der Waals surface area contributed by atoms with Gasteiger partial charge in [-0.25, -0.2) is 0 Å². The summed E-state index contributed by atoms with van der Waals surface area (Å²) in [5.41, 5.74) is 6.19. The molecule has 1 heterocycles. The quantitative estimate of drug-likeness (QED) is 0.570. The fraction of sp³-hybridized carbons (Fsp3) is 0.400. The van der Waals surface area contributed by atoms with E-state index >= 15 is 0 Å². The monoisotopic (exact) mass is 401 g/mol. The molecule has 1 fully saturated rings. The smallest absolute Gasteiger partial charge is 0.247 e. The predicted molar refractivity (Wildman–Crippen MR) is 128 cm³/mol. The normalized spacial score (nSPS) is 16.7. The van der Waals surface area contributed by atoms with Crippen LogP contribution in [0.3, 0.4) is 0 Å². The first-order chi connectivity index (χ1) is 14.7. The Hall–Kier alpha value is -2.53. The molecule has 2 aromatic carbocycles. The van der Waals surface area contributed by atoms with Crippen molar-refractivity contribution < 1.29 is 4.79 Å². The fourth-order valence-corrected chi connectivity index (χ4v) is 4.52. The van der Waals surface area contributed by atoms with Crippen molar-refractivity contribution in [2.24, 2.45) is 0 Å². The summed E-state index contributed by atoms with van der Waals surface area (Å²) < 4.78 is 0. The lowest BCUT2D eigenvalue weighted by atomic mass is 9.92. The van der Waals surface area contributed by atoms with Crippen LogP contribution in [0.15, 0.2) is 54.1 Å². The van der Waals surface area contributed by atoms with Crippen LogP contribution in [0.4, 0.5) is 5.69 Å². The minimum absolute atomic E-state index is 0.108. The number of anilines is 1. The SMILES string of the molecule is Bc1ccccc1N1CCN(CCCCNC(=O)C2=Cc3ccccc3CC2)CC1. The highest BCUT2D eigenvalue weighted by atomic mass is 16.1. The van der Waals surface area contributed by atoms with Gasteiger partial charge in [-0.3, -0.25) is 9.69 Å². The molecule has 5 heteroatoms. The lowest BCUT2D eigenvalue weighted by Crippen LogP contribution is -2.47. The van der Waals surface area contributed by atoms with E-state index in [9.17, 15) is 4.79 Å². The Morgan fingerprint density at radius 2 is 1.70 bits per heavy atom. The number of unbranched alkanes of at least 4 members (excludes halogenated alkanes) is 1. The third kappa shape index (κ3) is 5.14. The summed E-state index contributed by atoms with van der Waals surface area (Å²) in [5, 5.41) is 3.12. The molecule has 1 aliphatic carbocycles. The van der Waals surface area contributed by atoms with Gasteiger partial charge in [-0.2, -0.15) is 0 Å². The van der Waals surface area contributed by atoms with E-state index in [-0.39, 0.29) is 5.91 Å². The topological polar surface area (TPSA) is 35.6 Å². The minimum Gasteiger partial charge on any atom is -0.369 e. The van der Waals surface area contributed by atoms with Crippen LogP contribution in [0.1, 0.15) is 30.4 Å². The van der Waals surface area contributed by atoms with Crippen molar-refractivity contribution in [2.45, 2.75) is 25.7 Å². The van der Waals surface area contributed by atoms with Crippen LogP contribution in [0.25, 0.3) is 6.08 Å². The van der Waals surface area contributed by atoms with Crippen LogP contribution < -0.4 is 15.7 Å². The molecule has 2 aliphatic rings. The van der Waals surface area contributed by atoms with E-state index in [1.807, 2.05) is 6.07 Å². The van der Waals surface area contributed by atoms with E-state index < -0.39 is 0 Å². The van der Waals surface area contributed by atoms with Gasteiger partial charge in [-0.05, 0) is 55.5 Å². The number of carbonyl (C=O) groups excluding carboxylic acids is 1. The Morgan fingerprint density at radius 1 is 0.933 bits per heavy atom. The summed E-state index contributed by atoms with van der Waals surface area (Å²) in [4.78, 5) is 17.5. The Kier molecular flexibility index (Phi) is 6.90. The molecule has 2 aromatic rings. The number of amides is 1. The van der Waals surface area contributed by atoms with Gasteiger partial charge in [0.25, 0.3) is 0 Å². The first kappa shape index (κ1) is 20.7. The summed E-state index contributed by atoms with van der Waals surface area (Å²) in [7, 11) is 2.19. The molecule has 156 valence electrons. The number of fused-ring (bicyclic) bond motifs is 1. The summed E-state index contributed by atoms with van der Waals surface area (Å²) in [5.74, 6) is 0.108. The molecule has 30 heavy (non-hydrogen) atoms. The van der Waals surface area contributed by atoms with Gasteiger partial charge in [0.05, 0.1) is 0 Å². The van der Waals surface area contributed by atoms with Crippen LogP contribution in [-0.2, 0) is 11.2 Å². The molecule has 1 amide bonds. The van der Waals surface area contributed by atoms with Crippen molar-refractivity contribution in [3.05, 3.63) is 65.2 Å². The fourth-order valence-electron chi connectivity index (χ4n) is 4.52. The summed E-state index contributed by atoms with van der Waals surface area (Å²) in [6, 6.07) is 17.0.